The van der Waals surface area contributed by atoms with Crippen LogP contribution in [0.5, 0.6) is 0 Å². The molecule has 0 unspecified atom stereocenters. The summed E-state index contributed by atoms with van der Waals surface area (Å²) in [6.07, 6.45) is 32.9. The van der Waals surface area contributed by atoms with Gasteiger partial charge in [0.05, 0.1) is 0 Å². The van der Waals surface area contributed by atoms with Crippen LogP contribution in [-0.2, 0) is 19.1 Å². The first kappa shape index (κ1) is 40.9. The second-order valence-corrected chi connectivity index (χ2v) is 13.2. The van der Waals surface area contributed by atoms with Gasteiger partial charge in [-0.2, -0.15) is 0 Å². The minimum Gasteiger partial charge on any atom is -0.463 e. The van der Waals surface area contributed by atoms with E-state index in [1.54, 1.807) is 0 Å². The summed E-state index contributed by atoms with van der Waals surface area (Å²) in [7, 11) is 0. The van der Waals surface area contributed by atoms with Crippen molar-refractivity contribution < 1.29 is 24.2 Å². The molecule has 5 heteroatoms. The highest BCUT2D eigenvalue weighted by Gasteiger charge is 2.12. The summed E-state index contributed by atoms with van der Waals surface area (Å²) >= 11 is 0. The molecule has 42 heavy (non-hydrogen) atoms. The van der Waals surface area contributed by atoms with Gasteiger partial charge in [0.2, 0.25) is 0 Å². The molecule has 0 fully saturated rings. The molecule has 0 aliphatic rings. The summed E-state index contributed by atoms with van der Waals surface area (Å²) in [5, 5.41) is 9.98. The topological polar surface area (TPSA) is 72.8 Å². The monoisotopic (exact) mass is 597 g/mol. The Labute approximate surface area is 261 Å². The molecular weight excluding hydrogens is 524 g/mol. The van der Waals surface area contributed by atoms with Crippen LogP contribution in [0.25, 0.3) is 0 Å². The van der Waals surface area contributed by atoms with Crippen molar-refractivity contribution in [2.75, 3.05) is 13.2 Å². The lowest BCUT2D eigenvalue weighted by molar-refractivity contribution is -0.152. The lowest BCUT2D eigenvalue weighted by Gasteiger charge is -2.12. The SMILES string of the molecule is CCCCCCCCCCCCCCCCC(=O)OC[C@@H](O)COC(=O)CCCCCCCCCCCCCC(C)C. The molecule has 0 aromatic carbocycles. The zero-order chi connectivity index (χ0) is 30.9. The van der Waals surface area contributed by atoms with Crippen LogP contribution < -0.4 is 0 Å². The fourth-order valence-electron chi connectivity index (χ4n) is 5.45. The first-order chi connectivity index (χ1) is 20.5. The number of ether oxygens (including phenoxy) is 2. The molecule has 0 aliphatic heterocycles. The maximum absolute atomic E-state index is 11.9. The molecule has 1 atom stereocenters. The number of unbranched alkanes of at least 4 members (excludes halogenated alkanes) is 23. The van der Waals surface area contributed by atoms with Gasteiger partial charge < -0.3 is 14.6 Å². The highest BCUT2D eigenvalue weighted by molar-refractivity contribution is 5.69. The minimum atomic E-state index is -0.954. The van der Waals surface area contributed by atoms with Crippen molar-refractivity contribution in [1.82, 2.24) is 0 Å². The van der Waals surface area contributed by atoms with E-state index in [-0.39, 0.29) is 25.2 Å². The van der Waals surface area contributed by atoms with Crippen molar-refractivity contribution in [3.63, 3.8) is 0 Å². The summed E-state index contributed by atoms with van der Waals surface area (Å²) in [6, 6.07) is 0. The van der Waals surface area contributed by atoms with E-state index in [0.717, 1.165) is 31.6 Å². The first-order valence-electron chi connectivity index (χ1n) is 18.4. The highest BCUT2D eigenvalue weighted by Crippen LogP contribution is 2.15. The van der Waals surface area contributed by atoms with Gasteiger partial charge in [-0.05, 0) is 18.8 Å². The van der Waals surface area contributed by atoms with Gasteiger partial charge in [-0.3, -0.25) is 9.59 Å². The molecule has 0 saturated carbocycles. The molecule has 1 N–H and O–H groups in total. The zero-order valence-electron chi connectivity index (χ0n) is 28.4. The maximum atomic E-state index is 11.9. The third-order valence-electron chi connectivity index (χ3n) is 8.27. The van der Waals surface area contributed by atoms with Crippen LogP contribution in [0.15, 0.2) is 0 Å². The number of rotatable bonds is 33. The fourth-order valence-corrected chi connectivity index (χ4v) is 5.45. The van der Waals surface area contributed by atoms with Gasteiger partial charge in [0.25, 0.3) is 0 Å². The Hall–Kier alpha value is -1.10. The molecule has 250 valence electrons. The predicted octanol–water partition coefficient (Wildman–Crippen LogP) is 11.0. The standard InChI is InChI=1S/C37H72O5/c1-4-5-6-7-8-9-10-11-12-15-18-21-24-27-30-36(39)41-32-35(38)33-42-37(40)31-28-25-22-19-16-13-14-17-20-23-26-29-34(2)3/h34-35,38H,4-33H2,1-3H3/t35-/m1/s1. The van der Waals surface area contributed by atoms with Crippen LogP contribution in [0.2, 0.25) is 0 Å². The Morgan fingerprint density at radius 1 is 0.476 bits per heavy atom. The molecule has 0 bridgehead atoms. The Bertz CT molecular complexity index is 577. The molecule has 0 spiro atoms. The second-order valence-electron chi connectivity index (χ2n) is 13.2. The van der Waals surface area contributed by atoms with Crippen molar-refractivity contribution in [3.05, 3.63) is 0 Å². The average molecular weight is 597 g/mol. The Balaban J connectivity index is 3.39. The number of carbonyl (C=O) groups excluding carboxylic acids is 2. The third kappa shape index (κ3) is 33.4. The lowest BCUT2D eigenvalue weighted by atomic mass is 10.0. The summed E-state index contributed by atoms with van der Waals surface area (Å²) in [4.78, 5) is 23.8. The first-order valence-corrected chi connectivity index (χ1v) is 18.4. The Morgan fingerprint density at radius 3 is 1.07 bits per heavy atom. The molecule has 0 radical (unpaired) electrons. The molecular formula is C37H72O5. The van der Waals surface area contributed by atoms with E-state index >= 15 is 0 Å². The number of esters is 2. The Kier molecular flexibility index (Phi) is 31.9. The molecule has 0 saturated heterocycles. The number of hydrogen-bond donors (Lipinski definition) is 1. The van der Waals surface area contributed by atoms with E-state index in [4.69, 9.17) is 9.47 Å². The molecule has 0 amide bonds. The van der Waals surface area contributed by atoms with Crippen LogP contribution in [0.4, 0.5) is 0 Å². The van der Waals surface area contributed by atoms with E-state index in [0.29, 0.717) is 12.8 Å². The average Bonchev–Trinajstić information content (AvgIpc) is 2.97. The van der Waals surface area contributed by atoms with E-state index in [2.05, 4.69) is 20.8 Å². The van der Waals surface area contributed by atoms with Gasteiger partial charge in [-0.25, -0.2) is 0 Å². The molecule has 5 nitrogen and oxygen atoms in total. The number of aliphatic hydroxyl groups is 1. The summed E-state index contributed by atoms with van der Waals surface area (Å²) in [6.45, 7) is 6.65. The van der Waals surface area contributed by atoms with Crippen molar-refractivity contribution in [1.29, 1.82) is 0 Å². The smallest absolute Gasteiger partial charge is 0.305 e. The highest BCUT2D eigenvalue weighted by atomic mass is 16.6. The van der Waals surface area contributed by atoms with E-state index < -0.39 is 6.10 Å². The second kappa shape index (κ2) is 32.8. The van der Waals surface area contributed by atoms with Gasteiger partial charge in [0.1, 0.15) is 19.3 Å². The molecule has 0 aliphatic carbocycles. The van der Waals surface area contributed by atoms with E-state index in [1.807, 2.05) is 0 Å². The van der Waals surface area contributed by atoms with E-state index in [1.165, 1.54) is 141 Å². The van der Waals surface area contributed by atoms with Gasteiger partial charge >= 0.3 is 11.9 Å². The van der Waals surface area contributed by atoms with Crippen LogP contribution in [0, 0.1) is 5.92 Å². The van der Waals surface area contributed by atoms with Gasteiger partial charge in [0.15, 0.2) is 0 Å². The van der Waals surface area contributed by atoms with Crippen molar-refractivity contribution in [2.24, 2.45) is 5.92 Å². The van der Waals surface area contributed by atoms with Gasteiger partial charge in [-0.15, -0.1) is 0 Å². The summed E-state index contributed by atoms with van der Waals surface area (Å²) < 4.78 is 10.3. The zero-order valence-corrected chi connectivity index (χ0v) is 28.4. The molecule has 0 aromatic rings. The summed E-state index contributed by atoms with van der Waals surface area (Å²) in [5.41, 5.74) is 0. The molecule has 0 heterocycles. The van der Waals surface area contributed by atoms with Crippen LogP contribution in [0.1, 0.15) is 201 Å². The van der Waals surface area contributed by atoms with Crippen LogP contribution >= 0.6 is 0 Å². The summed E-state index contributed by atoms with van der Waals surface area (Å²) in [5.74, 6) is 0.282. The number of aliphatic hydroxyl groups excluding tert-OH is 1. The van der Waals surface area contributed by atoms with Crippen molar-refractivity contribution in [3.8, 4) is 0 Å². The fraction of sp³-hybridized carbons (Fsp3) is 0.946. The maximum Gasteiger partial charge on any atom is 0.305 e. The third-order valence-corrected chi connectivity index (χ3v) is 8.27. The van der Waals surface area contributed by atoms with Crippen molar-refractivity contribution >= 4 is 11.9 Å². The molecule has 0 rings (SSSR count). The number of carbonyl (C=O) groups is 2. The molecule has 0 aromatic heterocycles. The number of hydrogen-bond acceptors (Lipinski definition) is 5. The van der Waals surface area contributed by atoms with Crippen LogP contribution in [0.3, 0.4) is 0 Å². The largest absolute Gasteiger partial charge is 0.463 e. The van der Waals surface area contributed by atoms with Crippen molar-refractivity contribution in [2.45, 2.75) is 207 Å². The van der Waals surface area contributed by atoms with Gasteiger partial charge in [-0.1, -0.05) is 175 Å². The lowest BCUT2D eigenvalue weighted by Crippen LogP contribution is -2.25. The predicted molar refractivity (Wildman–Crippen MR) is 178 cm³/mol. The Morgan fingerprint density at radius 2 is 0.762 bits per heavy atom. The van der Waals surface area contributed by atoms with E-state index in [9.17, 15) is 14.7 Å². The quantitative estimate of drug-likeness (QED) is 0.0602. The normalized spacial score (nSPS) is 12.1. The minimum absolute atomic E-state index is 0.108. The van der Waals surface area contributed by atoms with Crippen LogP contribution in [-0.4, -0.2) is 36.4 Å². The van der Waals surface area contributed by atoms with Gasteiger partial charge in [0, 0.05) is 12.8 Å².